The summed E-state index contributed by atoms with van der Waals surface area (Å²) in [5, 5.41) is 12.6. The quantitative estimate of drug-likeness (QED) is 0.338. The summed E-state index contributed by atoms with van der Waals surface area (Å²) in [5.74, 6) is -1.24. The molecule has 2 fully saturated rings. The predicted octanol–water partition coefficient (Wildman–Crippen LogP) is 4.50. The minimum atomic E-state index is -4.89. The molecule has 2 aliphatic rings. The Labute approximate surface area is 250 Å². The third-order valence-electron chi connectivity index (χ3n) is 7.94. The summed E-state index contributed by atoms with van der Waals surface area (Å²) in [7, 11) is -3.52. The molecule has 2 aromatic carbocycles. The lowest BCUT2D eigenvalue weighted by atomic mass is 9.76. The van der Waals surface area contributed by atoms with E-state index in [4.69, 9.17) is 22.1 Å². The SMILES string of the molecule is CS(=O)(=O)c1ccc(-c2cc(Cl)ccc2C(Oc2cc(N3CCC4(CC3)CN[C@H](C(=O)O)C4)nc(N)n2)C(F)(F)F)cc1. The van der Waals surface area contributed by atoms with Crippen LogP contribution in [0.3, 0.4) is 0 Å². The second kappa shape index (κ2) is 11.5. The Bertz CT molecular complexity index is 1630. The van der Waals surface area contributed by atoms with Crippen LogP contribution in [0.15, 0.2) is 53.4 Å². The minimum absolute atomic E-state index is 0.0157. The van der Waals surface area contributed by atoms with Crippen LogP contribution in [0.1, 0.15) is 30.9 Å². The smallest absolute Gasteiger partial charge is 0.429 e. The molecule has 230 valence electrons. The number of nitrogens with one attached hydrogen (secondary N) is 1. The monoisotopic (exact) mass is 639 g/mol. The molecule has 1 unspecified atom stereocenters. The number of piperidine rings is 1. The third kappa shape index (κ3) is 6.81. The number of anilines is 2. The lowest BCUT2D eigenvalue weighted by molar-refractivity contribution is -0.198. The van der Waals surface area contributed by atoms with E-state index in [1.807, 2.05) is 4.90 Å². The maximum absolute atomic E-state index is 14.6. The van der Waals surface area contributed by atoms with Crippen molar-refractivity contribution in [1.29, 1.82) is 0 Å². The molecule has 3 heterocycles. The molecular weight excluding hydrogens is 611 g/mol. The molecule has 1 spiro atoms. The van der Waals surface area contributed by atoms with Crippen molar-refractivity contribution in [1.82, 2.24) is 15.3 Å². The van der Waals surface area contributed by atoms with E-state index in [1.54, 1.807) is 0 Å². The Kier molecular flexibility index (Phi) is 8.22. The summed E-state index contributed by atoms with van der Waals surface area (Å²) in [5.41, 5.74) is 5.86. The van der Waals surface area contributed by atoms with Gasteiger partial charge < -0.3 is 25.8 Å². The van der Waals surface area contributed by atoms with Gasteiger partial charge in [0.2, 0.25) is 17.9 Å². The van der Waals surface area contributed by atoms with Crippen molar-refractivity contribution in [3.8, 4) is 17.0 Å². The molecule has 3 aromatic rings. The Morgan fingerprint density at radius 3 is 2.42 bits per heavy atom. The van der Waals surface area contributed by atoms with Gasteiger partial charge in [0.15, 0.2) is 9.84 Å². The molecule has 0 aliphatic carbocycles. The first-order valence-corrected chi connectivity index (χ1v) is 15.6. The number of sulfone groups is 1. The first-order chi connectivity index (χ1) is 20.1. The average Bonchev–Trinajstić information content (AvgIpc) is 3.35. The van der Waals surface area contributed by atoms with Gasteiger partial charge in [0.25, 0.3) is 0 Å². The zero-order valence-corrected chi connectivity index (χ0v) is 24.5. The van der Waals surface area contributed by atoms with Gasteiger partial charge in [-0.15, -0.1) is 0 Å². The standard InChI is InChI=1S/C28H29ClF3N5O5S/c1-43(40,41)18-5-2-16(3-6-18)20-12-17(29)4-7-19(20)24(28(30,31)32)42-23-13-22(35-26(33)36-23)37-10-8-27(9-11-37)14-21(25(38)39)34-15-27/h2-7,12-13,21,24,34H,8-11,14-15H2,1H3,(H,38,39)(H2,33,35,36)/t21-,24?/m0/s1. The van der Waals surface area contributed by atoms with E-state index in [-0.39, 0.29) is 38.3 Å². The normalized spacial score (nSPS) is 19.4. The Morgan fingerprint density at radius 2 is 1.84 bits per heavy atom. The van der Waals surface area contributed by atoms with Gasteiger partial charge in [-0.25, -0.2) is 8.42 Å². The number of hydrogen-bond donors (Lipinski definition) is 3. The predicted molar refractivity (Wildman–Crippen MR) is 154 cm³/mol. The molecule has 0 radical (unpaired) electrons. The van der Waals surface area contributed by atoms with Crippen LogP contribution in [0, 0.1) is 5.41 Å². The highest BCUT2D eigenvalue weighted by molar-refractivity contribution is 7.90. The topological polar surface area (TPSA) is 148 Å². The number of benzene rings is 2. The summed E-state index contributed by atoms with van der Waals surface area (Å²) in [6.45, 7) is 1.57. The van der Waals surface area contributed by atoms with Crippen molar-refractivity contribution in [3.63, 3.8) is 0 Å². The third-order valence-corrected chi connectivity index (χ3v) is 9.30. The number of aromatic nitrogens is 2. The summed E-state index contributed by atoms with van der Waals surface area (Å²) in [6.07, 6.45) is -4.49. The number of carbonyl (C=O) groups is 1. The van der Waals surface area contributed by atoms with Crippen LogP contribution < -0.4 is 20.7 Å². The van der Waals surface area contributed by atoms with Gasteiger partial charge in [-0.05, 0) is 60.1 Å². The van der Waals surface area contributed by atoms with Crippen LogP contribution in [0.2, 0.25) is 5.02 Å². The van der Waals surface area contributed by atoms with Crippen molar-refractivity contribution in [2.45, 2.75) is 42.5 Å². The Hall–Kier alpha value is -3.62. The number of nitrogen functional groups attached to an aromatic ring is 1. The maximum Gasteiger partial charge on any atom is 0.429 e. The molecule has 4 N–H and O–H groups in total. The number of hydrogen-bond acceptors (Lipinski definition) is 9. The van der Waals surface area contributed by atoms with E-state index in [9.17, 15) is 31.5 Å². The zero-order valence-electron chi connectivity index (χ0n) is 22.9. The average molecular weight is 640 g/mol. The highest BCUT2D eigenvalue weighted by atomic mass is 35.5. The van der Waals surface area contributed by atoms with Crippen LogP contribution in [0.4, 0.5) is 24.9 Å². The minimum Gasteiger partial charge on any atom is -0.480 e. The van der Waals surface area contributed by atoms with Gasteiger partial charge in [-0.2, -0.15) is 23.1 Å². The number of carboxylic acids is 1. The summed E-state index contributed by atoms with van der Waals surface area (Å²) in [6, 6.07) is 9.99. The molecule has 0 saturated carbocycles. The molecule has 15 heteroatoms. The number of rotatable bonds is 7. The van der Waals surface area contributed by atoms with Crippen LogP contribution in [0.25, 0.3) is 11.1 Å². The summed E-state index contributed by atoms with van der Waals surface area (Å²) < 4.78 is 72.9. The van der Waals surface area contributed by atoms with Crippen molar-refractivity contribution in [2.75, 3.05) is 36.5 Å². The highest BCUT2D eigenvalue weighted by Gasteiger charge is 2.46. The molecular formula is C28H29ClF3N5O5S. The first kappa shape index (κ1) is 30.8. The van der Waals surface area contributed by atoms with Gasteiger partial charge in [-0.1, -0.05) is 29.8 Å². The van der Waals surface area contributed by atoms with Crippen LogP contribution in [0.5, 0.6) is 5.88 Å². The molecule has 10 nitrogen and oxygen atoms in total. The number of carboxylic acid groups (broad SMARTS) is 1. The van der Waals surface area contributed by atoms with Crippen molar-refractivity contribution < 1.29 is 36.2 Å². The Balaban J connectivity index is 1.42. The Morgan fingerprint density at radius 1 is 1.16 bits per heavy atom. The number of ether oxygens (including phenoxy) is 1. The number of nitrogens with two attached hydrogens (primary N) is 1. The fourth-order valence-electron chi connectivity index (χ4n) is 5.65. The lowest BCUT2D eigenvalue weighted by Crippen LogP contribution is -2.41. The van der Waals surface area contributed by atoms with Gasteiger partial charge in [-0.3, -0.25) is 4.79 Å². The number of halogens is 4. The molecule has 2 atom stereocenters. The van der Waals surface area contributed by atoms with Crippen LogP contribution >= 0.6 is 11.6 Å². The van der Waals surface area contributed by atoms with Crippen molar-refractivity contribution in [2.24, 2.45) is 5.41 Å². The largest absolute Gasteiger partial charge is 0.480 e. The van der Waals surface area contributed by atoms with Crippen LogP contribution in [-0.4, -0.2) is 67.6 Å². The second-order valence-corrected chi connectivity index (χ2v) is 13.4. The van der Waals surface area contributed by atoms with E-state index >= 15 is 0 Å². The number of alkyl halides is 3. The van der Waals surface area contributed by atoms with E-state index in [0.717, 1.165) is 6.26 Å². The van der Waals surface area contributed by atoms with Gasteiger partial charge >= 0.3 is 12.1 Å². The van der Waals surface area contributed by atoms with Crippen LogP contribution in [-0.2, 0) is 14.6 Å². The highest BCUT2D eigenvalue weighted by Crippen LogP contribution is 2.43. The van der Waals surface area contributed by atoms with Gasteiger partial charge in [0.1, 0.15) is 11.9 Å². The van der Waals surface area contributed by atoms with E-state index in [1.165, 1.54) is 48.5 Å². The molecule has 1 aromatic heterocycles. The molecule has 2 aliphatic heterocycles. The molecule has 0 amide bonds. The first-order valence-electron chi connectivity index (χ1n) is 13.3. The maximum atomic E-state index is 14.6. The van der Waals surface area contributed by atoms with Crippen molar-refractivity contribution in [3.05, 3.63) is 59.1 Å². The molecule has 43 heavy (non-hydrogen) atoms. The fraction of sp³-hybridized carbons (Fsp3) is 0.393. The lowest BCUT2D eigenvalue weighted by Gasteiger charge is -2.39. The van der Waals surface area contributed by atoms with Gasteiger partial charge in [0.05, 0.1) is 4.90 Å². The van der Waals surface area contributed by atoms with E-state index < -0.39 is 34.1 Å². The molecule has 0 bridgehead atoms. The zero-order chi connectivity index (χ0) is 31.2. The molecule has 5 rings (SSSR count). The second-order valence-electron chi connectivity index (χ2n) is 11.0. The van der Waals surface area contributed by atoms with Gasteiger partial charge in [0, 0.05) is 42.5 Å². The van der Waals surface area contributed by atoms with Crippen molar-refractivity contribution >= 4 is 39.2 Å². The summed E-state index contributed by atoms with van der Waals surface area (Å²) >= 11 is 6.15. The van der Waals surface area contributed by atoms with E-state index in [0.29, 0.717) is 50.3 Å². The van der Waals surface area contributed by atoms with E-state index in [2.05, 4.69) is 15.3 Å². The number of nitrogens with zero attached hydrogens (tertiary/aromatic N) is 3. The number of aliphatic carboxylic acids is 1. The summed E-state index contributed by atoms with van der Waals surface area (Å²) in [4.78, 5) is 21.4. The fourth-order valence-corrected chi connectivity index (χ4v) is 6.45. The molecule has 2 saturated heterocycles.